The van der Waals surface area contributed by atoms with Gasteiger partial charge in [-0.15, -0.1) is 11.6 Å². The van der Waals surface area contributed by atoms with Gasteiger partial charge in [-0.3, -0.25) is 0 Å². The summed E-state index contributed by atoms with van der Waals surface area (Å²) < 4.78 is 3.30. The molecular formula is C15H19BrClN3. The van der Waals surface area contributed by atoms with Crippen molar-refractivity contribution >= 4 is 38.7 Å². The fourth-order valence-electron chi connectivity index (χ4n) is 3.27. The number of pyridine rings is 1. The summed E-state index contributed by atoms with van der Waals surface area (Å²) in [6.45, 7) is 4.69. The summed E-state index contributed by atoms with van der Waals surface area (Å²) in [4.78, 5) is 9.33. The van der Waals surface area contributed by atoms with Gasteiger partial charge in [0.15, 0.2) is 5.65 Å². The minimum absolute atomic E-state index is 0.412. The lowest BCUT2D eigenvalue weighted by molar-refractivity contribution is 0.358. The first-order chi connectivity index (χ1) is 9.50. The molecule has 1 unspecified atom stereocenters. The zero-order valence-corrected chi connectivity index (χ0v) is 14.2. The standard InChI is InChI=1S/C15H19BrClN3/c1-15(2)5-3-11(8-15)20-13(4-6-17)19-12-7-10(16)9-18-14(12)20/h7,9,11H,3-6,8H2,1-2H3. The van der Waals surface area contributed by atoms with Gasteiger partial charge in [-0.05, 0) is 46.7 Å². The number of nitrogens with zero attached hydrogens (tertiary/aromatic N) is 3. The number of fused-ring (bicyclic) bond motifs is 1. The Hall–Kier alpha value is -0.610. The summed E-state index contributed by atoms with van der Waals surface area (Å²) in [6, 6.07) is 2.54. The van der Waals surface area contributed by atoms with Gasteiger partial charge in [0.25, 0.3) is 0 Å². The second-order valence-electron chi connectivity index (χ2n) is 6.39. The summed E-state index contributed by atoms with van der Waals surface area (Å²) >= 11 is 9.42. The van der Waals surface area contributed by atoms with Crippen LogP contribution in [0.4, 0.5) is 0 Å². The number of imidazole rings is 1. The molecule has 0 bridgehead atoms. The van der Waals surface area contributed by atoms with Gasteiger partial charge in [0.1, 0.15) is 11.3 Å². The zero-order valence-electron chi connectivity index (χ0n) is 11.9. The molecule has 3 rings (SSSR count). The van der Waals surface area contributed by atoms with Gasteiger partial charge in [-0.2, -0.15) is 0 Å². The molecular weight excluding hydrogens is 338 g/mol. The van der Waals surface area contributed by atoms with Crippen molar-refractivity contribution in [2.45, 2.75) is 45.6 Å². The van der Waals surface area contributed by atoms with Crippen molar-refractivity contribution < 1.29 is 0 Å². The Morgan fingerprint density at radius 1 is 1.50 bits per heavy atom. The summed E-state index contributed by atoms with van der Waals surface area (Å²) in [7, 11) is 0. The highest BCUT2D eigenvalue weighted by Gasteiger charge is 2.34. The zero-order chi connectivity index (χ0) is 14.3. The third-order valence-corrected chi connectivity index (χ3v) is 4.82. The van der Waals surface area contributed by atoms with E-state index in [4.69, 9.17) is 16.6 Å². The van der Waals surface area contributed by atoms with Crippen molar-refractivity contribution in [1.82, 2.24) is 14.5 Å². The van der Waals surface area contributed by atoms with Crippen molar-refractivity contribution in [3.8, 4) is 0 Å². The third-order valence-electron chi connectivity index (χ3n) is 4.20. The number of aromatic nitrogens is 3. The minimum atomic E-state index is 0.412. The highest BCUT2D eigenvalue weighted by Crippen LogP contribution is 2.44. The van der Waals surface area contributed by atoms with Crippen LogP contribution < -0.4 is 0 Å². The lowest BCUT2D eigenvalue weighted by Gasteiger charge is -2.19. The van der Waals surface area contributed by atoms with E-state index in [2.05, 4.69) is 39.3 Å². The van der Waals surface area contributed by atoms with Crippen LogP contribution in [0.2, 0.25) is 0 Å². The average molecular weight is 357 g/mol. The highest BCUT2D eigenvalue weighted by molar-refractivity contribution is 9.10. The Labute approximate surface area is 132 Å². The number of hydrogen-bond acceptors (Lipinski definition) is 2. The first-order valence-electron chi connectivity index (χ1n) is 7.08. The smallest absolute Gasteiger partial charge is 0.160 e. The Morgan fingerprint density at radius 2 is 2.30 bits per heavy atom. The molecule has 1 fully saturated rings. The van der Waals surface area contributed by atoms with E-state index in [1.165, 1.54) is 19.3 Å². The van der Waals surface area contributed by atoms with E-state index in [0.29, 0.717) is 17.3 Å². The van der Waals surface area contributed by atoms with E-state index in [9.17, 15) is 0 Å². The molecule has 0 spiro atoms. The molecule has 0 radical (unpaired) electrons. The molecule has 20 heavy (non-hydrogen) atoms. The molecule has 0 aromatic carbocycles. The molecule has 3 nitrogen and oxygen atoms in total. The Kier molecular flexibility index (Phi) is 3.80. The van der Waals surface area contributed by atoms with Crippen LogP contribution in [0.3, 0.4) is 0 Å². The number of hydrogen-bond donors (Lipinski definition) is 0. The predicted octanol–water partition coefficient (Wildman–Crippen LogP) is 4.73. The van der Waals surface area contributed by atoms with Crippen LogP contribution in [0.15, 0.2) is 16.7 Å². The van der Waals surface area contributed by atoms with Crippen LogP contribution in [-0.4, -0.2) is 20.4 Å². The monoisotopic (exact) mass is 355 g/mol. The highest BCUT2D eigenvalue weighted by atomic mass is 79.9. The summed E-state index contributed by atoms with van der Waals surface area (Å²) in [5.74, 6) is 1.67. The van der Waals surface area contributed by atoms with Gasteiger partial charge in [-0.1, -0.05) is 13.8 Å². The molecule has 2 heterocycles. The number of alkyl halides is 1. The van der Waals surface area contributed by atoms with Crippen molar-refractivity contribution in [2.75, 3.05) is 5.88 Å². The van der Waals surface area contributed by atoms with Crippen LogP contribution in [0.25, 0.3) is 11.2 Å². The molecule has 108 valence electrons. The van der Waals surface area contributed by atoms with Crippen LogP contribution in [0.1, 0.15) is 45.0 Å². The molecule has 1 aliphatic rings. The third kappa shape index (κ3) is 2.60. The predicted molar refractivity (Wildman–Crippen MR) is 86.3 cm³/mol. The van der Waals surface area contributed by atoms with E-state index in [-0.39, 0.29) is 0 Å². The van der Waals surface area contributed by atoms with Gasteiger partial charge >= 0.3 is 0 Å². The van der Waals surface area contributed by atoms with E-state index < -0.39 is 0 Å². The van der Waals surface area contributed by atoms with Gasteiger partial charge in [0.05, 0.1) is 0 Å². The topological polar surface area (TPSA) is 30.7 Å². The largest absolute Gasteiger partial charge is 0.310 e. The molecule has 2 aromatic heterocycles. The van der Waals surface area contributed by atoms with Crippen molar-refractivity contribution in [3.63, 3.8) is 0 Å². The van der Waals surface area contributed by atoms with Crippen LogP contribution in [0, 0.1) is 5.41 Å². The van der Waals surface area contributed by atoms with Gasteiger partial charge in [-0.25, -0.2) is 9.97 Å². The van der Waals surface area contributed by atoms with Crippen LogP contribution >= 0.6 is 27.5 Å². The van der Waals surface area contributed by atoms with Crippen LogP contribution in [0.5, 0.6) is 0 Å². The second-order valence-corrected chi connectivity index (χ2v) is 7.69. The molecule has 0 saturated heterocycles. The quantitative estimate of drug-likeness (QED) is 0.745. The minimum Gasteiger partial charge on any atom is -0.310 e. The Balaban J connectivity index is 2.09. The van der Waals surface area contributed by atoms with Crippen molar-refractivity contribution in [1.29, 1.82) is 0 Å². The van der Waals surface area contributed by atoms with E-state index >= 15 is 0 Å². The molecule has 1 saturated carbocycles. The molecule has 1 aliphatic carbocycles. The molecule has 0 N–H and O–H groups in total. The fraction of sp³-hybridized carbons (Fsp3) is 0.600. The van der Waals surface area contributed by atoms with E-state index in [0.717, 1.165) is 27.9 Å². The molecule has 0 amide bonds. The normalized spacial score (nSPS) is 21.7. The molecule has 1 atom stereocenters. The lowest BCUT2D eigenvalue weighted by Crippen LogP contribution is -2.13. The molecule has 5 heteroatoms. The summed E-state index contributed by atoms with van der Waals surface area (Å²) in [5, 5.41) is 0. The SMILES string of the molecule is CC1(C)CCC(n2c(CCCl)nc3cc(Br)cnc32)C1. The molecule has 0 aliphatic heterocycles. The first-order valence-corrected chi connectivity index (χ1v) is 8.41. The average Bonchev–Trinajstić information content (AvgIpc) is 2.89. The number of aryl methyl sites for hydroxylation is 1. The Bertz CT molecular complexity index is 635. The Morgan fingerprint density at radius 3 is 2.95 bits per heavy atom. The van der Waals surface area contributed by atoms with Gasteiger partial charge < -0.3 is 4.57 Å². The van der Waals surface area contributed by atoms with Gasteiger partial charge in [0, 0.05) is 29.0 Å². The lowest BCUT2D eigenvalue weighted by atomic mass is 9.92. The second kappa shape index (κ2) is 5.30. The summed E-state index contributed by atoms with van der Waals surface area (Å²) in [6.07, 6.45) is 6.29. The van der Waals surface area contributed by atoms with E-state index in [1.807, 2.05) is 12.3 Å². The van der Waals surface area contributed by atoms with Crippen molar-refractivity contribution in [3.05, 3.63) is 22.6 Å². The van der Waals surface area contributed by atoms with Crippen LogP contribution in [-0.2, 0) is 6.42 Å². The maximum atomic E-state index is 5.95. The maximum absolute atomic E-state index is 5.95. The number of halogens is 2. The number of rotatable bonds is 3. The fourth-order valence-corrected chi connectivity index (χ4v) is 3.76. The van der Waals surface area contributed by atoms with Crippen molar-refractivity contribution in [2.24, 2.45) is 5.41 Å². The van der Waals surface area contributed by atoms with Gasteiger partial charge in [0.2, 0.25) is 0 Å². The van der Waals surface area contributed by atoms with E-state index in [1.54, 1.807) is 0 Å². The first kappa shape index (κ1) is 14.3. The summed E-state index contributed by atoms with van der Waals surface area (Å²) in [5.41, 5.74) is 2.37. The molecule has 2 aromatic rings. The maximum Gasteiger partial charge on any atom is 0.160 e.